The second-order valence-corrected chi connectivity index (χ2v) is 6.75. The van der Waals surface area contributed by atoms with Crippen LogP contribution in [-0.2, 0) is 0 Å². The second kappa shape index (κ2) is 7.48. The van der Waals surface area contributed by atoms with Crippen LogP contribution >= 0.6 is 22.6 Å². The Labute approximate surface area is 167 Å². The average molecular weight is 562 g/mol. The van der Waals surface area contributed by atoms with Gasteiger partial charge in [-0.2, -0.15) is 57.1 Å². The van der Waals surface area contributed by atoms with Crippen molar-refractivity contribution in [3.63, 3.8) is 0 Å². The van der Waals surface area contributed by atoms with E-state index in [0.717, 1.165) is 34.7 Å². The molecule has 0 aromatic heterocycles. The standard InChI is InChI=1S/C15H8F13I/c1-7(9(29)8-5-3-2-4-6-8)10(16,17)11(18,19)12(20,21)13(22,23)14(24,25)15(26,27)28/h2-6H,1H3/b9-7+. The first-order valence-electron chi connectivity index (χ1n) is 7.06. The van der Waals surface area contributed by atoms with Crippen LogP contribution in [-0.4, -0.2) is 35.8 Å². The molecule has 0 bridgehead atoms. The van der Waals surface area contributed by atoms with E-state index < -0.39 is 44.9 Å². The zero-order valence-corrected chi connectivity index (χ0v) is 15.8. The highest BCUT2D eigenvalue weighted by molar-refractivity contribution is 14.1. The summed E-state index contributed by atoms with van der Waals surface area (Å²) < 4.78 is 170. The Balaban J connectivity index is 3.62. The maximum atomic E-state index is 14.1. The van der Waals surface area contributed by atoms with E-state index in [0.29, 0.717) is 0 Å². The summed E-state index contributed by atoms with van der Waals surface area (Å²) in [7, 11) is 0. The number of allylic oxidation sites excluding steroid dienone is 1. The Hall–Kier alpha value is -1.22. The Kier molecular flexibility index (Phi) is 6.66. The van der Waals surface area contributed by atoms with Gasteiger partial charge in [-0.05, 0) is 35.1 Å². The van der Waals surface area contributed by atoms with E-state index in [1.54, 1.807) is 0 Å². The molecular weight excluding hydrogens is 554 g/mol. The van der Waals surface area contributed by atoms with E-state index in [9.17, 15) is 57.1 Å². The predicted molar refractivity (Wildman–Crippen MR) is 83.8 cm³/mol. The molecule has 0 fully saturated rings. The SMILES string of the molecule is C/C(=C(\I)c1ccccc1)C(F)(F)C(F)(F)C(F)(F)C(F)(F)C(F)(F)C(F)(F)F. The third-order valence-corrected chi connectivity index (χ3v) is 5.19. The molecule has 0 atom stereocenters. The Morgan fingerprint density at radius 2 is 1.00 bits per heavy atom. The lowest BCUT2D eigenvalue weighted by Crippen LogP contribution is -2.70. The van der Waals surface area contributed by atoms with E-state index in [-0.39, 0.29) is 12.5 Å². The number of hydrogen-bond donors (Lipinski definition) is 0. The molecule has 0 saturated heterocycles. The van der Waals surface area contributed by atoms with Crippen LogP contribution in [0.2, 0.25) is 0 Å². The monoisotopic (exact) mass is 562 g/mol. The van der Waals surface area contributed by atoms with Crippen molar-refractivity contribution in [2.24, 2.45) is 0 Å². The summed E-state index contributed by atoms with van der Waals surface area (Å²) in [4.78, 5) is 0. The molecular formula is C15H8F13I. The molecule has 0 aliphatic heterocycles. The van der Waals surface area contributed by atoms with Gasteiger partial charge in [-0.3, -0.25) is 0 Å². The molecule has 0 saturated carbocycles. The fourth-order valence-electron chi connectivity index (χ4n) is 1.94. The van der Waals surface area contributed by atoms with Gasteiger partial charge in [-0.25, -0.2) is 0 Å². The molecule has 0 heterocycles. The van der Waals surface area contributed by atoms with Crippen LogP contribution in [0.25, 0.3) is 3.58 Å². The summed E-state index contributed by atoms with van der Waals surface area (Å²) >= 11 is 0.983. The highest BCUT2D eigenvalue weighted by Gasteiger charge is 2.90. The summed E-state index contributed by atoms with van der Waals surface area (Å²) in [5.41, 5.74) is -2.20. The van der Waals surface area contributed by atoms with Crippen LogP contribution in [0.15, 0.2) is 35.9 Å². The molecule has 29 heavy (non-hydrogen) atoms. The molecule has 0 aliphatic rings. The average Bonchev–Trinajstić information content (AvgIpc) is 2.59. The minimum atomic E-state index is -7.90. The largest absolute Gasteiger partial charge is 0.460 e. The van der Waals surface area contributed by atoms with Crippen LogP contribution in [0.1, 0.15) is 12.5 Å². The molecule has 1 rings (SSSR count). The number of benzene rings is 1. The minimum absolute atomic E-state index is 0.124. The van der Waals surface area contributed by atoms with Crippen LogP contribution in [0.3, 0.4) is 0 Å². The van der Waals surface area contributed by atoms with Crippen LogP contribution in [0.5, 0.6) is 0 Å². The molecule has 1 aromatic carbocycles. The quantitative estimate of drug-likeness (QED) is 0.248. The van der Waals surface area contributed by atoms with Gasteiger partial charge in [-0.15, -0.1) is 0 Å². The lowest BCUT2D eigenvalue weighted by Gasteiger charge is -2.40. The van der Waals surface area contributed by atoms with Crippen molar-refractivity contribution in [1.82, 2.24) is 0 Å². The number of hydrogen-bond acceptors (Lipinski definition) is 0. The topological polar surface area (TPSA) is 0 Å². The highest BCUT2D eigenvalue weighted by atomic mass is 127. The maximum absolute atomic E-state index is 14.1. The summed E-state index contributed by atoms with van der Waals surface area (Å²) in [6.07, 6.45) is -7.42. The molecule has 0 unspecified atom stereocenters. The zero-order valence-electron chi connectivity index (χ0n) is 13.7. The van der Waals surface area contributed by atoms with Gasteiger partial charge >= 0.3 is 35.8 Å². The van der Waals surface area contributed by atoms with Gasteiger partial charge in [0.2, 0.25) is 0 Å². The highest BCUT2D eigenvalue weighted by Crippen LogP contribution is 2.61. The van der Waals surface area contributed by atoms with Crippen LogP contribution < -0.4 is 0 Å². The predicted octanol–water partition coefficient (Wildman–Crippen LogP) is 7.59. The van der Waals surface area contributed by atoms with E-state index >= 15 is 0 Å². The van der Waals surface area contributed by atoms with Crippen molar-refractivity contribution in [1.29, 1.82) is 0 Å². The Bertz CT molecular complexity index is 762. The molecule has 14 heteroatoms. The van der Waals surface area contributed by atoms with E-state index in [1.807, 2.05) is 0 Å². The summed E-state index contributed by atoms with van der Waals surface area (Å²) in [6, 6.07) is 5.87. The summed E-state index contributed by atoms with van der Waals surface area (Å²) in [5.74, 6) is -37.0. The number of alkyl halides is 13. The fraction of sp³-hybridized carbons (Fsp3) is 0.467. The first-order valence-corrected chi connectivity index (χ1v) is 8.14. The molecule has 0 radical (unpaired) electrons. The van der Waals surface area contributed by atoms with Gasteiger partial charge in [-0.1, -0.05) is 30.3 Å². The molecule has 0 aliphatic carbocycles. The van der Waals surface area contributed by atoms with Gasteiger partial charge in [0, 0.05) is 9.15 Å². The van der Waals surface area contributed by atoms with Crippen molar-refractivity contribution in [3.05, 3.63) is 41.5 Å². The zero-order chi connectivity index (χ0) is 23.3. The van der Waals surface area contributed by atoms with Crippen molar-refractivity contribution in [3.8, 4) is 0 Å². The third kappa shape index (κ3) is 3.80. The summed E-state index contributed by atoms with van der Waals surface area (Å²) in [5, 5.41) is 0. The minimum Gasteiger partial charge on any atom is -0.194 e. The third-order valence-electron chi connectivity index (χ3n) is 3.76. The molecule has 166 valence electrons. The normalized spacial score (nSPS) is 16.0. The van der Waals surface area contributed by atoms with Gasteiger partial charge < -0.3 is 0 Å². The van der Waals surface area contributed by atoms with E-state index in [4.69, 9.17) is 0 Å². The number of rotatable bonds is 6. The van der Waals surface area contributed by atoms with E-state index in [1.165, 1.54) is 18.2 Å². The lowest BCUT2D eigenvalue weighted by molar-refractivity contribution is -0.436. The first-order chi connectivity index (χ1) is 12.7. The Morgan fingerprint density at radius 3 is 1.38 bits per heavy atom. The fourth-order valence-corrected chi connectivity index (χ4v) is 2.64. The lowest BCUT2D eigenvalue weighted by atomic mass is 9.90. The second-order valence-electron chi connectivity index (χ2n) is 5.67. The molecule has 0 amide bonds. The Morgan fingerprint density at radius 1 is 0.621 bits per heavy atom. The van der Waals surface area contributed by atoms with E-state index in [2.05, 4.69) is 0 Å². The molecule has 0 N–H and O–H groups in total. The van der Waals surface area contributed by atoms with Crippen LogP contribution in [0.4, 0.5) is 57.1 Å². The maximum Gasteiger partial charge on any atom is 0.460 e. The van der Waals surface area contributed by atoms with Crippen molar-refractivity contribution >= 4 is 26.2 Å². The molecule has 0 nitrogen and oxygen atoms in total. The smallest absolute Gasteiger partial charge is 0.194 e. The molecule has 0 spiro atoms. The molecule has 1 aromatic rings. The van der Waals surface area contributed by atoms with Gasteiger partial charge in [0.25, 0.3) is 0 Å². The van der Waals surface area contributed by atoms with Gasteiger partial charge in [0.1, 0.15) is 0 Å². The van der Waals surface area contributed by atoms with Gasteiger partial charge in [0.05, 0.1) is 0 Å². The van der Waals surface area contributed by atoms with Crippen LogP contribution in [0, 0.1) is 0 Å². The summed E-state index contributed by atoms with van der Waals surface area (Å²) in [6.45, 7) is 0.124. The van der Waals surface area contributed by atoms with Gasteiger partial charge in [0.15, 0.2) is 0 Å². The van der Waals surface area contributed by atoms with Crippen molar-refractivity contribution in [2.45, 2.75) is 42.7 Å². The van der Waals surface area contributed by atoms with Crippen molar-refractivity contribution in [2.75, 3.05) is 0 Å². The van der Waals surface area contributed by atoms with Crippen molar-refractivity contribution < 1.29 is 57.1 Å². The number of halogens is 14. The first kappa shape index (κ1) is 25.8.